The number of benzene rings is 1. The van der Waals surface area contributed by atoms with Gasteiger partial charge in [0.25, 0.3) is 0 Å². The molecule has 2 atom stereocenters. The molecule has 1 saturated carbocycles. The van der Waals surface area contributed by atoms with Gasteiger partial charge in [-0.25, -0.2) is 9.18 Å². The van der Waals surface area contributed by atoms with E-state index in [0.29, 0.717) is 0 Å². The van der Waals surface area contributed by atoms with E-state index in [1.807, 2.05) is 0 Å². The molecule has 1 aliphatic heterocycles. The van der Waals surface area contributed by atoms with Crippen LogP contribution in [0.1, 0.15) is 29.2 Å². The van der Waals surface area contributed by atoms with Crippen LogP contribution in [0, 0.1) is 17.7 Å². The van der Waals surface area contributed by atoms with E-state index in [-0.39, 0.29) is 41.5 Å². The number of methoxy groups -OCH3 is 1. The van der Waals surface area contributed by atoms with Gasteiger partial charge in [-0.15, -0.1) is 0 Å². The van der Waals surface area contributed by atoms with Gasteiger partial charge >= 0.3 is 12.1 Å². The molecule has 7 nitrogen and oxygen atoms in total. The Labute approximate surface area is 174 Å². The Morgan fingerprint density at radius 2 is 2.00 bits per heavy atom. The minimum atomic E-state index is -4.49. The monoisotopic (exact) mass is 443 g/mol. The number of halogens is 4. The van der Waals surface area contributed by atoms with Gasteiger partial charge in [0.15, 0.2) is 11.6 Å². The summed E-state index contributed by atoms with van der Waals surface area (Å²) in [5.74, 6) is -5.13. The highest BCUT2D eigenvalue weighted by Crippen LogP contribution is 2.46. The molecular formula is C20H21F4N3O4. The highest BCUT2D eigenvalue weighted by atomic mass is 19.4. The molecule has 0 radical (unpaired) electrons. The fourth-order valence-corrected chi connectivity index (χ4v) is 4.39. The number of rotatable bonds is 5. The van der Waals surface area contributed by atoms with Crippen LogP contribution in [0.2, 0.25) is 0 Å². The minimum Gasteiger partial charge on any atom is -0.492 e. The predicted molar refractivity (Wildman–Crippen MR) is 104 cm³/mol. The molecule has 2 aromatic rings. The fourth-order valence-electron chi connectivity index (χ4n) is 4.39. The van der Waals surface area contributed by atoms with Crippen LogP contribution < -0.4 is 20.8 Å². The number of hydrogen-bond acceptors (Lipinski definition) is 5. The molecule has 3 N–H and O–H groups in total. The number of nitrogens with zero attached hydrogens (tertiary/aromatic N) is 2. The number of hydrogen-bond donors (Lipinski definition) is 2. The smallest absolute Gasteiger partial charge is 0.393 e. The summed E-state index contributed by atoms with van der Waals surface area (Å²) in [6, 6.07) is 0.783. The number of alkyl halides is 3. The van der Waals surface area contributed by atoms with Crippen LogP contribution in [0.3, 0.4) is 0 Å². The van der Waals surface area contributed by atoms with Crippen molar-refractivity contribution in [3.05, 3.63) is 33.9 Å². The van der Waals surface area contributed by atoms with Crippen molar-refractivity contribution >= 4 is 22.6 Å². The maximum Gasteiger partial charge on any atom is 0.393 e. The number of aromatic nitrogens is 1. The maximum absolute atomic E-state index is 15.2. The largest absolute Gasteiger partial charge is 0.492 e. The Kier molecular flexibility index (Phi) is 5.11. The van der Waals surface area contributed by atoms with Crippen LogP contribution in [0.4, 0.5) is 23.2 Å². The van der Waals surface area contributed by atoms with Crippen molar-refractivity contribution in [2.45, 2.75) is 25.1 Å². The zero-order valence-electron chi connectivity index (χ0n) is 16.6. The van der Waals surface area contributed by atoms with Crippen molar-refractivity contribution in [1.29, 1.82) is 0 Å². The highest BCUT2D eigenvalue weighted by Gasteiger charge is 2.50. The van der Waals surface area contributed by atoms with Crippen molar-refractivity contribution < 1.29 is 32.2 Å². The van der Waals surface area contributed by atoms with Crippen molar-refractivity contribution in [3.8, 4) is 5.75 Å². The second kappa shape index (κ2) is 7.40. The van der Waals surface area contributed by atoms with E-state index < -0.39 is 47.3 Å². The van der Waals surface area contributed by atoms with E-state index in [0.717, 1.165) is 18.9 Å². The van der Waals surface area contributed by atoms with Crippen molar-refractivity contribution in [3.63, 3.8) is 0 Å². The average molecular weight is 443 g/mol. The van der Waals surface area contributed by atoms with Gasteiger partial charge in [-0.3, -0.25) is 4.79 Å². The number of anilines is 1. The Morgan fingerprint density at radius 3 is 2.48 bits per heavy atom. The number of ether oxygens (including phenoxy) is 1. The van der Waals surface area contributed by atoms with E-state index in [4.69, 9.17) is 10.5 Å². The van der Waals surface area contributed by atoms with Gasteiger partial charge in [0.05, 0.1) is 23.9 Å². The Balaban J connectivity index is 1.95. The molecule has 0 amide bonds. The molecule has 1 aliphatic carbocycles. The van der Waals surface area contributed by atoms with Crippen LogP contribution in [-0.4, -0.2) is 48.6 Å². The predicted octanol–water partition coefficient (Wildman–Crippen LogP) is 2.76. The molecule has 1 saturated heterocycles. The summed E-state index contributed by atoms with van der Waals surface area (Å²) in [4.78, 5) is 25.5. The van der Waals surface area contributed by atoms with E-state index in [2.05, 4.69) is 0 Å². The number of aromatic carboxylic acids is 1. The summed E-state index contributed by atoms with van der Waals surface area (Å²) in [7, 11) is 1.24. The molecule has 1 aromatic carbocycles. The molecule has 168 valence electrons. The van der Waals surface area contributed by atoms with E-state index in [1.54, 1.807) is 4.57 Å². The highest BCUT2D eigenvalue weighted by molar-refractivity contribution is 5.97. The van der Waals surface area contributed by atoms with Gasteiger partial charge in [0.2, 0.25) is 5.43 Å². The van der Waals surface area contributed by atoms with Gasteiger partial charge in [0, 0.05) is 31.2 Å². The lowest BCUT2D eigenvalue weighted by molar-refractivity contribution is -0.178. The first kappa shape index (κ1) is 21.4. The van der Waals surface area contributed by atoms with Crippen LogP contribution >= 0.6 is 0 Å². The summed E-state index contributed by atoms with van der Waals surface area (Å²) < 4.78 is 62.6. The summed E-state index contributed by atoms with van der Waals surface area (Å²) in [5, 5.41) is 9.18. The number of carbonyl (C=O) groups is 1. The molecule has 31 heavy (non-hydrogen) atoms. The minimum absolute atomic E-state index is 0.0884. The molecule has 0 unspecified atom stereocenters. The van der Waals surface area contributed by atoms with Crippen LogP contribution in [-0.2, 0) is 0 Å². The third-order valence-corrected chi connectivity index (χ3v) is 6.05. The third kappa shape index (κ3) is 3.50. The zero-order valence-corrected chi connectivity index (χ0v) is 16.6. The summed E-state index contributed by atoms with van der Waals surface area (Å²) in [6.45, 7) is -0.835. The fraction of sp³-hybridized carbons (Fsp3) is 0.500. The second-order valence-electron chi connectivity index (χ2n) is 8.00. The molecular weight excluding hydrogens is 422 g/mol. The Morgan fingerprint density at radius 1 is 1.32 bits per heavy atom. The van der Waals surface area contributed by atoms with Crippen molar-refractivity contribution in [2.75, 3.05) is 31.6 Å². The van der Waals surface area contributed by atoms with Gasteiger partial charge in [-0.05, 0) is 25.5 Å². The topological polar surface area (TPSA) is 97.8 Å². The number of fused-ring (bicyclic) bond motifs is 1. The van der Waals surface area contributed by atoms with E-state index >= 15 is 4.39 Å². The molecule has 1 aromatic heterocycles. The van der Waals surface area contributed by atoms with Crippen molar-refractivity contribution in [2.24, 2.45) is 17.6 Å². The van der Waals surface area contributed by atoms with Crippen molar-refractivity contribution in [1.82, 2.24) is 4.57 Å². The SMILES string of the molecule is COc1c(N2C[C@@H](CN)[C@@H](C(F)(F)F)C2)c(F)cc2c(=O)c(C(=O)O)cn(C3CC3)c12. The Hall–Kier alpha value is -2.82. The van der Waals surface area contributed by atoms with E-state index in [1.165, 1.54) is 18.2 Å². The molecule has 4 rings (SSSR count). The summed E-state index contributed by atoms with van der Waals surface area (Å²) in [5.41, 5.74) is 4.16. The molecule has 11 heteroatoms. The zero-order chi connectivity index (χ0) is 22.7. The number of pyridine rings is 1. The third-order valence-electron chi connectivity index (χ3n) is 6.05. The molecule has 2 aliphatic rings. The van der Waals surface area contributed by atoms with Gasteiger partial charge in [-0.2, -0.15) is 13.2 Å². The normalized spacial score (nSPS) is 21.7. The van der Waals surface area contributed by atoms with Crippen LogP contribution in [0.15, 0.2) is 17.1 Å². The first-order chi connectivity index (χ1) is 14.6. The number of carboxylic acids is 1. The summed E-state index contributed by atoms with van der Waals surface area (Å²) >= 11 is 0. The average Bonchev–Trinajstić information content (AvgIpc) is 3.44. The molecule has 0 spiro atoms. The van der Waals surface area contributed by atoms with E-state index in [9.17, 15) is 27.9 Å². The lowest BCUT2D eigenvalue weighted by Gasteiger charge is -2.25. The molecule has 2 heterocycles. The van der Waals surface area contributed by atoms with Crippen LogP contribution in [0.25, 0.3) is 10.9 Å². The van der Waals surface area contributed by atoms with Gasteiger partial charge in [0.1, 0.15) is 11.3 Å². The quantitative estimate of drug-likeness (QED) is 0.690. The lowest BCUT2D eigenvalue weighted by atomic mass is 9.96. The lowest BCUT2D eigenvalue weighted by Crippen LogP contribution is -2.33. The first-order valence-corrected chi connectivity index (χ1v) is 9.78. The maximum atomic E-state index is 15.2. The standard InChI is InChI=1S/C20H21F4N3O4/c1-31-18-15-11(17(28)12(19(29)30)7-27(15)10-2-3-10)4-14(21)16(18)26-6-9(5-25)13(8-26)20(22,23)24/h4,7,9-10,13H,2-3,5-6,8,25H2,1H3,(H,29,30)/t9-,13+/m1/s1. The first-order valence-electron chi connectivity index (χ1n) is 9.78. The van der Waals surface area contributed by atoms with Crippen LogP contribution in [0.5, 0.6) is 5.75 Å². The van der Waals surface area contributed by atoms with Gasteiger partial charge < -0.3 is 25.0 Å². The summed E-state index contributed by atoms with van der Waals surface area (Å²) in [6.07, 6.45) is -1.85. The number of nitrogens with two attached hydrogens (primary N) is 1. The number of carboxylic acid groups (broad SMARTS) is 1. The molecule has 2 fully saturated rings. The Bertz CT molecular complexity index is 1110. The molecule has 0 bridgehead atoms. The van der Waals surface area contributed by atoms with Gasteiger partial charge in [-0.1, -0.05) is 0 Å². The second-order valence-corrected chi connectivity index (χ2v) is 8.00.